The molecule has 1 atom stereocenters. The summed E-state index contributed by atoms with van der Waals surface area (Å²) in [7, 11) is 1.35. The fourth-order valence-corrected chi connectivity index (χ4v) is 2.42. The van der Waals surface area contributed by atoms with Crippen LogP contribution in [0.5, 0.6) is 11.5 Å². The Balaban J connectivity index is 2.10. The average Bonchev–Trinajstić information content (AvgIpc) is 2.51. The van der Waals surface area contributed by atoms with E-state index < -0.39 is 6.04 Å². The maximum atomic E-state index is 11.1. The molecule has 6 heteroatoms. The lowest BCUT2D eigenvalue weighted by molar-refractivity contribution is -0.142. The van der Waals surface area contributed by atoms with E-state index in [0.29, 0.717) is 19.6 Å². The Morgan fingerprint density at radius 2 is 1.81 bits per heavy atom. The molecule has 0 amide bonds. The molecule has 1 rings (SSSR count). The SMILES string of the molecule is CCOc1ccc(OCCSCCC(N)C(=O)OC)cc1. The molecule has 1 aromatic rings. The van der Waals surface area contributed by atoms with Crippen LogP contribution in [0.15, 0.2) is 24.3 Å². The van der Waals surface area contributed by atoms with Crippen LogP contribution in [0.2, 0.25) is 0 Å². The molecule has 0 fully saturated rings. The fraction of sp³-hybridized carbons (Fsp3) is 0.533. The van der Waals surface area contributed by atoms with Crippen molar-refractivity contribution in [2.75, 3.05) is 31.8 Å². The second kappa shape index (κ2) is 10.3. The molecule has 0 spiro atoms. The number of esters is 1. The molecule has 0 aliphatic heterocycles. The third-order valence-corrected chi connectivity index (χ3v) is 3.69. The van der Waals surface area contributed by atoms with Crippen molar-refractivity contribution in [2.24, 2.45) is 5.73 Å². The number of nitrogens with two attached hydrogens (primary N) is 1. The minimum atomic E-state index is -0.533. The number of benzene rings is 1. The summed E-state index contributed by atoms with van der Waals surface area (Å²) in [6.07, 6.45) is 0.612. The predicted molar refractivity (Wildman–Crippen MR) is 85.0 cm³/mol. The molecule has 5 nitrogen and oxygen atoms in total. The summed E-state index contributed by atoms with van der Waals surface area (Å²) in [6.45, 7) is 3.23. The van der Waals surface area contributed by atoms with E-state index in [0.717, 1.165) is 23.0 Å². The van der Waals surface area contributed by atoms with E-state index in [-0.39, 0.29) is 5.97 Å². The first-order chi connectivity index (χ1) is 10.2. The van der Waals surface area contributed by atoms with Gasteiger partial charge in [0.25, 0.3) is 0 Å². The zero-order valence-corrected chi connectivity index (χ0v) is 13.4. The van der Waals surface area contributed by atoms with E-state index in [1.807, 2.05) is 31.2 Å². The lowest BCUT2D eigenvalue weighted by Gasteiger charge is -2.09. The summed E-state index contributed by atoms with van der Waals surface area (Å²) in [5.74, 6) is 2.96. The molecule has 1 aromatic carbocycles. The van der Waals surface area contributed by atoms with Crippen LogP contribution in [0, 0.1) is 0 Å². The van der Waals surface area contributed by atoms with Gasteiger partial charge in [0.2, 0.25) is 0 Å². The van der Waals surface area contributed by atoms with Gasteiger partial charge in [-0.2, -0.15) is 11.8 Å². The molecule has 2 N–H and O–H groups in total. The van der Waals surface area contributed by atoms with Gasteiger partial charge in [-0.25, -0.2) is 0 Å². The van der Waals surface area contributed by atoms with Crippen LogP contribution in [0.25, 0.3) is 0 Å². The standard InChI is InChI=1S/C15H23NO4S/c1-3-19-12-4-6-13(7-5-12)20-9-11-21-10-8-14(16)15(17)18-2/h4-7,14H,3,8-11,16H2,1-2H3. The third kappa shape index (κ3) is 7.24. The molecular weight excluding hydrogens is 290 g/mol. The highest BCUT2D eigenvalue weighted by molar-refractivity contribution is 7.99. The fourth-order valence-electron chi connectivity index (χ4n) is 1.60. The van der Waals surface area contributed by atoms with Crippen molar-refractivity contribution in [1.82, 2.24) is 0 Å². The number of rotatable bonds is 10. The van der Waals surface area contributed by atoms with Crippen molar-refractivity contribution in [1.29, 1.82) is 0 Å². The smallest absolute Gasteiger partial charge is 0.322 e. The summed E-state index contributed by atoms with van der Waals surface area (Å²) in [6, 6.07) is 7.03. The van der Waals surface area contributed by atoms with Crippen molar-refractivity contribution in [2.45, 2.75) is 19.4 Å². The van der Waals surface area contributed by atoms with E-state index in [1.165, 1.54) is 7.11 Å². The van der Waals surface area contributed by atoms with Crippen molar-refractivity contribution < 1.29 is 19.0 Å². The van der Waals surface area contributed by atoms with Gasteiger partial charge in [-0.1, -0.05) is 0 Å². The number of thioether (sulfide) groups is 1. The normalized spacial score (nSPS) is 11.8. The largest absolute Gasteiger partial charge is 0.494 e. The Labute approximate surface area is 130 Å². The Hall–Kier alpha value is -1.40. The van der Waals surface area contributed by atoms with Crippen molar-refractivity contribution in [3.63, 3.8) is 0 Å². The first kappa shape index (κ1) is 17.7. The van der Waals surface area contributed by atoms with E-state index >= 15 is 0 Å². The topological polar surface area (TPSA) is 70.8 Å². The molecule has 0 bridgehead atoms. The Morgan fingerprint density at radius 3 is 2.38 bits per heavy atom. The van der Waals surface area contributed by atoms with Gasteiger partial charge in [-0.05, 0) is 43.4 Å². The molecule has 0 aromatic heterocycles. The number of ether oxygens (including phenoxy) is 3. The van der Waals surface area contributed by atoms with E-state index in [2.05, 4.69) is 4.74 Å². The van der Waals surface area contributed by atoms with Gasteiger partial charge in [0.15, 0.2) is 0 Å². The Bertz CT molecular complexity index is 411. The Kier molecular flexibility index (Phi) is 8.69. The molecule has 21 heavy (non-hydrogen) atoms. The summed E-state index contributed by atoms with van der Waals surface area (Å²) in [5, 5.41) is 0. The van der Waals surface area contributed by atoms with Gasteiger partial charge >= 0.3 is 5.97 Å². The molecule has 0 heterocycles. The molecule has 0 radical (unpaired) electrons. The van der Waals surface area contributed by atoms with E-state index in [4.69, 9.17) is 15.2 Å². The van der Waals surface area contributed by atoms with Crippen LogP contribution >= 0.6 is 11.8 Å². The highest BCUT2D eigenvalue weighted by Crippen LogP contribution is 2.17. The molecular formula is C15H23NO4S. The number of carbonyl (C=O) groups is 1. The third-order valence-electron chi connectivity index (χ3n) is 2.71. The minimum absolute atomic E-state index is 0.360. The lowest BCUT2D eigenvalue weighted by atomic mass is 10.2. The summed E-state index contributed by atoms with van der Waals surface area (Å²) < 4.78 is 15.5. The van der Waals surface area contributed by atoms with Crippen molar-refractivity contribution in [3.05, 3.63) is 24.3 Å². The van der Waals surface area contributed by atoms with Crippen LogP contribution in [0.3, 0.4) is 0 Å². The molecule has 0 aliphatic carbocycles. The van der Waals surface area contributed by atoms with Gasteiger partial charge in [-0.3, -0.25) is 4.79 Å². The van der Waals surface area contributed by atoms with Gasteiger partial charge in [0, 0.05) is 5.75 Å². The number of hydrogen-bond acceptors (Lipinski definition) is 6. The van der Waals surface area contributed by atoms with Crippen LogP contribution in [0.1, 0.15) is 13.3 Å². The van der Waals surface area contributed by atoms with Gasteiger partial charge in [0.05, 0.1) is 20.3 Å². The quantitative estimate of drug-likeness (QED) is 0.527. The first-order valence-electron chi connectivity index (χ1n) is 6.94. The highest BCUT2D eigenvalue weighted by atomic mass is 32.2. The lowest BCUT2D eigenvalue weighted by Crippen LogP contribution is -2.32. The molecule has 0 saturated heterocycles. The zero-order valence-electron chi connectivity index (χ0n) is 12.5. The Morgan fingerprint density at radius 1 is 1.19 bits per heavy atom. The van der Waals surface area contributed by atoms with Crippen LogP contribution < -0.4 is 15.2 Å². The zero-order chi connectivity index (χ0) is 15.5. The number of methoxy groups -OCH3 is 1. The van der Waals surface area contributed by atoms with Gasteiger partial charge in [-0.15, -0.1) is 0 Å². The van der Waals surface area contributed by atoms with Crippen LogP contribution in [-0.2, 0) is 9.53 Å². The summed E-state index contributed by atoms with van der Waals surface area (Å²) >= 11 is 1.70. The second-order valence-corrected chi connectivity index (χ2v) is 5.51. The first-order valence-corrected chi connectivity index (χ1v) is 8.09. The van der Waals surface area contributed by atoms with Crippen molar-refractivity contribution in [3.8, 4) is 11.5 Å². The average molecular weight is 313 g/mol. The summed E-state index contributed by atoms with van der Waals surface area (Å²) in [4.78, 5) is 11.1. The maximum absolute atomic E-state index is 11.1. The van der Waals surface area contributed by atoms with E-state index in [1.54, 1.807) is 11.8 Å². The minimum Gasteiger partial charge on any atom is -0.494 e. The van der Waals surface area contributed by atoms with Gasteiger partial charge in [0.1, 0.15) is 17.5 Å². The van der Waals surface area contributed by atoms with E-state index in [9.17, 15) is 4.79 Å². The molecule has 1 unspecified atom stereocenters. The molecule has 118 valence electrons. The van der Waals surface area contributed by atoms with Crippen LogP contribution in [0.4, 0.5) is 0 Å². The predicted octanol–water partition coefficient (Wildman–Crippen LogP) is 2.09. The van der Waals surface area contributed by atoms with Gasteiger partial charge < -0.3 is 19.9 Å². The van der Waals surface area contributed by atoms with Crippen LogP contribution in [-0.4, -0.2) is 43.8 Å². The summed E-state index contributed by atoms with van der Waals surface area (Å²) in [5.41, 5.74) is 5.64. The number of hydrogen-bond donors (Lipinski definition) is 1. The molecule has 0 saturated carbocycles. The highest BCUT2D eigenvalue weighted by Gasteiger charge is 2.12. The maximum Gasteiger partial charge on any atom is 0.322 e. The number of carbonyl (C=O) groups excluding carboxylic acids is 1. The van der Waals surface area contributed by atoms with Crippen molar-refractivity contribution >= 4 is 17.7 Å². The monoisotopic (exact) mass is 313 g/mol. The molecule has 0 aliphatic rings. The second-order valence-electron chi connectivity index (χ2n) is 4.28.